The van der Waals surface area contributed by atoms with E-state index in [-0.39, 0.29) is 18.0 Å². The predicted octanol–water partition coefficient (Wildman–Crippen LogP) is 4.71. The van der Waals surface area contributed by atoms with Crippen LogP contribution in [0.5, 0.6) is 0 Å². The van der Waals surface area contributed by atoms with Crippen LogP contribution in [-0.2, 0) is 19.5 Å². The zero-order valence-corrected chi connectivity index (χ0v) is 19.1. The fraction of sp³-hybridized carbons (Fsp3) is 0.259. The van der Waals surface area contributed by atoms with Gasteiger partial charge in [0.25, 0.3) is 5.91 Å². The first-order valence-electron chi connectivity index (χ1n) is 11.3. The summed E-state index contributed by atoms with van der Waals surface area (Å²) < 4.78 is 0. The summed E-state index contributed by atoms with van der Waals surface area (Å²) in [5.74, 6) is -0.146. The Morgan fingerprint density at radius 3 is 2.42 bits per heavy atom. The van der Waals surface area contributed by atoms with E-state index in [1.54, 1.807) is 6.07 Å². The van der Waals surface area contributed by atoms with E-state index in [1.165, 1.54) is 11.1 Å². The van der Waals surface area contributed by atoms with Crippen molar-refractivity contribution in [2.45, 2.75) is 39.4 Å². The molecule has 3 aromatic rings. The van der Waals surface area contributed by atoms with Crippen molar-refractivity contribution in [1.29, 1.82) is 0 Å². The fourth-order valence-corrected chi connectivity index (χ4v) is 4.07. The highest BCUT2D eigenvalue weighted by Gasteiger charge is 2.22. The molecule has 6 heteroatoms. The zero-order chi connectivity index (χ0) is 23.2. The monoisotopic (exact) mass is 442 g/mol. The Morgan fingerprint density at radius 2 is 1.67 bits per heavy atom. The van der Waals surface area contributed by atoms with Gasteiger partial charge < -0.3 is 20.9 Å². The Balaban J connectivity index is 1.52. The van der Waals surface area contributed by atoms with Crippen molar-refractivity contribution in [2.24, 2.45) is 0 Å². The van der Waals surface area contributed by atoms with Crippen molar-refractivity contribution >= 4 is 23.3 Å². The number of benzene rings is 3. The normalized spacial score (nSPS) is 12.8. The van der Waals surface area contributed by atoms with E-state index in [0.29, 0.717) is 17.8 Å². The number of nitrogens with zero attached hydrogens (tertiary/aromatic N) is 1. The van der Waals surface area contributed by atoms with Crippen molar-refractivity contribution in [1.82, 2.24) is 10.6 Å². The Labute approximate surface area is 195 Å². The summed E-state index contributed by atoms with van der Waals surface area (Å²) in [4.78, 5) is 27.7. The summed E-state index contributed by atoms with van der Waals surface area (Å²) in [5.41, 5.74) is 5.67. The number of hydrogen-bond donors (Lipinski definition) is 3. The van der Waals surface area contributed by atoms with Gasteiger partial charge in [0.15, 0.2) is 0 Å². The van der Waals surface area contributed by atoms with E-state index < -0.39 is 0 Å². The lowest BCUT2D eigenvalue weighted by molar-refractivity contribution is 0.0943. The SMILES string of the molecule is CC(C)NC(=O)c1cc(NC(=O)NCc2ccccc2)ccc1N1CCc2ccccc2C1. The average Bonchev–Trinajstić information content (AvgIpc) is 2.82. The molecule has 3 aromatic carbocycles. The van der Waals surface area contributed by atoms with Gasteiger partial charge >= 0.3 is 6.03 Å². The van der Waals surface area contributed by atoms with Crippen LogP contribution >= 0.6 is 0 Å². The van der Waals surface area contributed by atoms with E-state index in [9.17, 15) is 9.59 Å². The molecule has 0 spiro atoms. The van der Waals surface area contributed by atoms with Gasteiger partial charge in [0, 0.05) is 37.1 Å². The molecule has 1 aliphatic heterocycles. The number of urea groups is 1. The Bertz CT molecular complexity index is 1130. The van der Waals surface area contributed by atoms with E-state index in [1.807, 2.05) is 56.3 Å². The molecular formula is C27H30N4O2. The summed E-state index contributed by atoms with van der Waals surface area (Å²) in [6, 6.07) is 23.4. The molecule has 0 unspecified atom stereocenters. The molecule has 0 bridgehead atoms. The number of carbonyl (C=O) groups is 2. The van der Waals surface area contributed by atoms with Crippen molar-refractivity contribution in [3.8, 4) is 0 Å². The third-order valence-corrected chi connectivity index (χ3v) is 5.69. The molecule has 0 saturated heterocycles. The standard InChI is InChI=1S/C27H30N4O2/c1-19(2)29-26(32)24-16-23(30-27(33)28-17-20-8-4-3-5-9-20)12-13-25(24)31-15-14-21-10-6-7-11-22(21)18-31/h3-13,16,19H,14-15,17-18H2,1-2H3,(H,29,32)(H2,28,30,33). The van der Waals surface area contributed by atoms with E-state index in [2.05, 4.69) is 45.1 Å². The second kappa shape index (κ2) is 10.2. The molecule has 0 radical (unpaired) electrons. The van der Waals surface area contributed by atoms with Gasteiger partial charge in [0.1, 0.15) is 0 Å². The summed E-state index contributed by atoms with van der Waals surface area (Å²) in [6.45, 7) is 5.89. The molecule has 1 heterocycles. The summed E-state index contributed by atoms with van der Waals surface area (Å²) in [7, 11) is 0. The van der Waals surface area contributed by atoms with Crippen molar-refractivity contribution < 1.29 is 9.59 Å². The highest BCUT2D eigenvalue weighted by atomic mass is 16.2. The van der Waals surface area contributed by atoms with Crippen LogP contribution in [-0.4, -0.2) is 24.5 Å². The third kappa shape index (κ3) is 5.71. The quantitative estimate of drug-likeness (QED) is 0.518. The summed E-state index contributed by atoms with van der Waals surface area (Å²) >= 11 is 0. The minimum absolute atomic E-state index is 0.0122. The smallest absolute Gasteiger partial charge is 0.319 e. The molecule has 0 aliphatic carbocycles. The first-order valence-corrected chi connectivity index (χ1v) is 11.3. The molecule has 0 saturated carbocycles. The van der Waals surface area contributed by atoms with Crippen LogP contribution in [0.3, 0.4) is 0 Å². The topological polar surface area (TPSA) is 73.5 Å². The fourth-order valence-electron chi connectivity index (χ4n) is 4.07. The molecule has 3 amide bonds. The van der Waals surface area contributed by atoms with E-state index in [0.717, 1.165) is 30.8 Å². The molecule has 0 aromatic heterocycles. The molecule has 170 valence electrons. The number of carbonyl (C=O) groups excluding carboxylic acids is 2. The van der Waals surface area contributed by atoms with Crippen molar-refractivity contribution in [3.05, 3.63) is 95.1 Å². The lowest BCUT2D eigenvalue weighted by Gasteiger charge is -2.32. The minimum Gasteiger partial charge on any atom is -0.366 e. The van der Waals surface area contributed by atoms with Gasteiger partial charge in [-0.05, 0) is 55.2 Å². The highest BCUT2D eigenvalue weighted by Crippen LogP contribution is 2.29. The van der Waals surface area contributed by atoms with Crippen LogP contribution in [0.25, 0.3) is 0 Å². The van der Waals surface area contributed by atoms with Crippen LogP contribution in [0.4, 0.5) is 16.2 Å². The van der Waals surface area contributed by atoms with Gasteiger partial charge in [-0.1, -0.05) is 54.6 Å². The highest BCUT2D eigenvalue weighted by molar-refractivity contribution is 6.02. The molecule has 1 aliphatic rings. The molecule has 0 atom stereocenters. The van der Waals surface area contributed by atoms with Gasteiger partial charge in [-0.25, -0.2) is 4.79 Å². The predicted molar refractivity (Wildman–Crippen MR) is 133 cm³/mol. The molecule has 3 N–H and O–H groups in total. The summed E-state index contributed by atoms with van der Waals surface area (Å²) in [6.07, 6.45) is 0.934. The number of rotatable bonds is 6. The largest absolute Gasteiger partial charge is 0.366 e. The van der Waals surface area contributed by atoms with Crippen molar-refractivity contribution in [3.63, 3.8) is 0 Å². The Hall–Kier alpha value is -3.80. The van der Waals surface area contributed by atoms with Crippen LogP contribution in [0.1, 0.15) is 40.9 Å². The van der Waals surface area contributed by atoms with Crippen LogP contribution in [0.15, 0.2) is 72.8 Å². The van der Waals surface area contributed by atoms with E-state index >= 15 is 0 Å². The maximum absolute atomic E-state index is 13.0. The first kappa shape index (κ1) is 22.4. The first-order chi connectivity index (χ1) is 16.0. The molecule has 6 nitrogen and oxygen atoms in total. The molecule has 4 rings (SSSR count). The van der Waals surface area contributed by atoms with Gasteiger partial charge in [0.2, 0.25) is 0 Å². The van der Waals surface area contributed by atoms with Gasteiger partial charge in [-0.15, -0.1) is 0 Å². The van der Waals surface area contributed by atoms with Gasteiger partial charge in [0.05, 0.1) is 5.56 Å². The maximum atomic E-state index is 13.0. The average molecular weight is 443 g/mol. The minimum atomic E-state index is -0.311. The molecule has 33 heavy (non-hydrogen) atoms. The Kier molecular flexibility index (Phi) is 6.93. The number of nitrogens with one attached hydrogen (secondary N) is 3. The number of fused-ring (bicyclic) bond motifs is 1. The molecular weight excluding hydrogens is 412 g/mol. The number of anilines is 2. The van der Waals surface area contributed by atoms with Crippen LogP contribution in [0, 0.1) is 0 Å². The van der Waals surface area contributed by atoms with Gasteiger partial charge in [-0.3, -0.25) is 4.79 Å². The zero-order valence-electron chi connectivity index (χ0n) is 19.1. The number of amides is 3. The third-order valence-electron chi connectivity index (χ3n) is 5.69. The second-order valence-corrected chi connectivity index (χ2v) is 8.59. The van der Waals surface area contributed by atoms with E-state index in [4.69, 9.17) is 0 Å². The van der Waals surface area contributed by atoms with Gasteiger partial charge in [-0.2, -0.15) is 0 Å². The van der Waals surface area contributed by atoms with Crippen LogP contribution < -0.4 is 20.9 Å². The number of hydrogen-bond acceptors (Lipinski definition) is 3. The Morgan fingerprint density at radius 1 is 0.939 bits per heavy atom. The van der Waals surface area contributed by atoms with Crippen LogP contribution in [0.2, 0.25) is 0 Å². The lowest BCUT2D eigenvalue weighted by Crippen LogP contribution is -2.35. The summed E-state index contributed by atoms with van der Waals surface area (Å²) in [5, 5.41) is 8.71. The second-order valence-electron chi connectivity index (χ2n) is 8.59. The maximum Gasteiger partial charge on any atom is 0.319 e. The molecule has 0 fully saturated rings. The van der Waals surface area contributed by atoms with Crippen molar-refractivity contribution in [2.75, 3.05) is 16.8 Å². The lowest BCUT2D eigenvalue weighted by atomic mass is 9.98.